The van der Waals surface area contributed by atoms with Crippen LogP contribution in [0.3, 0.4) is 0 Å². The number of carbonyl (C=O) groups excluding carboxylic acids is 1. The third-order valence-corrected chi connectivity index (χ3v) is 5.88. The van der Waals surface area contributed by atoms with Crippen molar-refractivity contribution < 1.29 is 9.53 Å². The molecule has 160 valence electrons. The lowest BCUT2D eigenvalue weighted by Gasteiger charge is -2.22. The average molecular weight is 483 g/mol. The first kappa shape index (κ1) is 21.2. The third kappa shape index (κ3) is 5.02. The van der Waals surface area contributed by atoms with Crippen molar-refractivity contribution >= 4 is 39.0 Å². The van der Waals surface area contributed by atoms with E-state index in [1.165, 1.54) is 11.1 Å². The van der Waals surface area contributed by atoms with Crippen LogP contribution in [-0.4, -0.2) is 28.4 Å². The second-order valence-electron chi connectivity index (χ2n) is 7.65. The van der Waals surface area contributed by atoms with E-state index in [9.17, 15) is 9.59 Å². The van der Waals surface area contributed by atoms with Crippen molar-refractivity contribution in [1.29, 1.82) is 0 Å². The monoisotopic (exact) mass is 482 g/mol. The van der Waals surface area contributed by atoms with Crippen LogP contribution in [0.1, 0.15) is 49.4 Å². The van der Waals surface area contributed by atoms with Crippen LogP contribution in [0, 0.1) is 0 Å². The zero-order valence-corrected chi connectivity index (χ0v) is 18.5. The fourth-order valence-corrected chi connectivity index (χ4v) is 4.19. The maximum atomic E-state index is 13.3. The Morgan fingerprint density at radius 2 is 1.94 bits per heavy atom. The van der Waals surface area contributed by atoms with Crippen molar-refractivity contribution in [1.82, 2.24) is 9.66 Å². The van der Waals surface area contributed by atoms with Gasteiger partial charge in [-0.2, -0.15) is 9.78 Å². The predicted octanol–water partition coefficient (Wildman–Crippen LogP) is 3.95. The van der Waals surface area contributed by atoms with Gasteiger partial charge in [-0.15, -0.1) is 0 Å². The Balaban J connectivity index is 1.70. The van der Waals surface area contributed by atoms with E-state index in [4.69, 9.17) is 15.5 Å². The number of fused-ring (bicyclic) bond motifs is 1. The molecule has 1 aliphatic rings. The zero-order valence-electron chi connectivity index (χ0n) is 17.0. The van der Waals surface area contributed by atoms with Gasteiger partial charge < -0.3 is 10.5 Å². The van der Waals surface area contributed by atoms with Gasteiger partial charge in [0, 0.05) is 10.4 Å². The molecule has 2 aromatic carbocycles. The first-order chi connectivity index (χ1) is 15.0. The number of hydrogen-bond acceptors (Lipinski definition) is 5. The summed E-state index contributed by atoms with van der Waals surface area (Å²) in [6, 6.07) is 12.6. The Kier molecular flexibility index (Phi) is 6.46. The molecule has 1 fully saturated rings. The van der Waals surface area contributed by atoms with E-state index in [0.717, 1.165) is 41.5 Å². The molecule has 0 spiro atoms. The maximum absolute atomic E-state index is 13.3. The Morgan fingerprint density at radius 1 is 1.19 bits per heavy atom. The number of amides is 1. The minimum Gasteiger partial charge on any atom is -0.484 e. The van der Waals surface area contributed by atoms with Crippen LogP contribution >= 0.6 is 15.9 Å². The molecule has 0 saturated heterocycles. The van der Waals surface area contributed by atoms with Gasteiger partial charge in [-0.1, -0.05) is 35.2 Å². The summed E-state index contributed by atoms with van der Waals surface area (Å²) in [6.07, 6.45) is 7.14. The summed E-state index contributed by atoms with van der Waals surface area (Å²) in [6.45, 7) is -0.175. The highest BCUT2D eigenvalue weighted by Gasteiger charge is 2.22. The van der Waals surface area contributed by atoms with Gasteiger partial charge in [0.2, 0.25) is 0 Å². The first-order valence-electron chi connectivity index (χ1n) is 10.3. The van der Waals surface area contributed by atoms with E-state index < -0.39 is 5.91 Å². The van der Waals surface area contributed by atoms with Crippen LogP contribution in [0.25, 0.3) is 10.9 Å². The number of rotatable bonds is 6. The third-order valence-electron chi connectivity index (χ3n) is 5.39. The maximum Gasteiger partial charge on any atom is 0.282 e. The molecule has 0 radical (unpaired) electrons. The van der Waals surface area contributed by atoms with Crippen LogP contribution in [0.4, 0.5) is 0 Å². The SMILES string of the molecule is NC(=O)COc1ccc(C=Nn2c(C3CCCCC3)nc3ccc(Br)cc3c2=O)cc1. The molecule has 4 rings (SSSR count). The zero-order chi connectivity index (χ0) is 21.8. The van der Waals surface area contributed by atoms with Gasteiger partial charge in [-0.25, -0.2) is 4.98 Å². The van der Waals surface area contributed by atoms with Crippen molar-refractivity contribution in [2.45, 2.75) is 38.0 Å². The van der Waals surface area contributed by atoms with E-state index >= 15 is 0 Å². The van der Waals surface area contributed by atoms with Gasteiger partial charge >= 0.3 is 0 Å². The summed E-state index contributed by atoms with van der Waals surface area (Å²) in [5.41, 5.74) is 6.40. The summed E-state index contributed by atoms with van der Waals surface area (Å²) in [7, 11) is 0. The molecule has 0 bridgehead atoms. The quantitative estimate of drug-likeness (QED) is 0.537. The van der Waals surface area contributed by atoms with Crippen LogP contribution in [-0.2, 0) is 4.79 Å². The van der Waals surface area contributed by atoms with Gasteiger partial charge in [0.1, 0.15) is 11.6 Å². The van der Waals surface area contributed by atoms with Crippen LogP contribution in [0.15, 0.2) is 56.8 Å². The minimum absolute atomic E-state index is 0.175. The normalized spacial score (nSPS) is 14.9. The predicted molar refractivity (Wildman–Crippen MR) is 124 cm³/mol. The van der Waals surface area contributed by atoms with Crippen molar-refractivity contribution in [2.24, 2.45) is 10.8 Å². The lowest BCUT2D eigenvalue weighted by Crippen LogP contribution is -2.25. The highest BCUT2D eigenvalue weighted by atomic mass is 79.9. The molecule has 1 aromatic heterocycles. The van der Waals surface area contributed by atoms with Gasteiger partial charge in [0.05, 0.1) is 17.1 Å². The number of ether oxygens (including phenoxy) is 1. The largest absolute Gasteiger partial charge is 0.484 e. The summed E-state index contributed by atoms with van der Waals surface area (Å²) in [5.74, 6) is 0.942. The standard InChI is InChI=1S/C23H23BrN4O3/c24-17-8-11-20-19(12-17)23(30)28(22(27-20)16-4-2-1-3-5-16)26-13-15-6-9-18(10-7-15)31-14-21(25)29/h6-13,16H,1-5,14H2,(H2,25,29). The van der Waals surface area contributed by atoms with Gasteiger partial charge in [0.15, 0.2) is 6.61 Å². The van der Waals surface area contributed by atoms with Gasteiger partial charge in [-0.05, 0) is 60.9 Å². The number of nitrogens with zero attached hydrogens (tertiary/aromatic N) is 3. The summed E-state index contributed by atoms with van der Waals surface area (Å²) in [5, 5.41) is 5.05. The summed E-state index contributed by atoms with van der Waals surface area (Å²) >= 11 is 3.44. The molecule has 8 heteroatoms. The van der Waals surface area contributed by atoms with Crippen molar-refractivity contribution in [3.05, 3.63) is 68.7 Å². The topological polar surface area (TPSA) is 99.6 Å². The molecule has 1 saturated carbocycles. The Bertz CT molecular complexity index is 1180. The fourth-order valence-electron chi connectivity index (χ4n) is 3.83. The first-order valence-corrected chi connectivity index (χ1v) is 11.1. The Hall–Kier alpha value is -3.00. The van der Waals surface area contributed by atoms with Crippen molar-refractivity contribution in [2.75, 3.05) is 6.61 Å². The lowest BCUT2D eigenvalue weighted by atomic mass is 9.88. The molecule has 3 aromatic rings. The van der Waals surface area contributed by atoms with Crippen molar-refractivity contribution in [3.8, 4) is 5.75 Å². The van der Waals surface area contributed by atoms with E-state index in [1.807, 2.05) is 12.1 Å². The molecule has 2 N–H and O–H groups in total. The average Bonchev–Trinajstić information content (AvgIpc) is 2.78. The second kappa shape index (κ2) is 9.43. The number of halogens is 1. The molecule has 1 amide bonds. The van der Waals surface area contributed by atoms with Crippen LogP contribution in [0.5, 0.6) is 5.75 Å². The molecule has 7 nitrogen and oxygen atoms in total. The molecular weight excluding hydrogens is 460 g/mol. The molecular formula is C23H23BrN4O3. The Morgan fingerprint density at radius 3 is 2.65 bits per heavy atom. The highest BCUT2D eigenvalue weighted by molar-refractivity contribution is 9.10. The minimum atomic E-state index is -0.532. The Labute approximate surface area is 188 Å². The molecule has 1 aliphatic carbocycles. The van der Waals surface area contributed by atoms with E-state index in [1.54, 1.807) is 36.5 Å². The summed E-state index contributed by atoms with van der Waals surface area (Å²) < 4.78 is 7.55. The fraction of sp³-hybridized carbons (Fsp3) is 0.304. The van der Waals surface area contributed by atoms with Crippen LogP contribution in [0.2, 0.25) is 0 Å². The summed E-state index contributed by atoms with van der Waals surface area (Å²) in [4.78, 5) is 29.0. The number of primary amides is 1. The van der Waals surface area contributed by atoms with Crippen molar-refractivity contribution in [3.63, 3.8) is 0 Å². The number of aromatic nitrogens is 2. The van der Waals surface area contributed by atoms with Gasteiger partial charge in [-0.3, -0.25) is 9.59 Å². The lowest BCUT2D eigenvalue weighted by molar-refractivity contribution is -0.119. The number of nitrogens with two attached hydrogens (primary N) is 1. The molecule has 0 atom stereocenters. The molecule has 0 unspecified atom stereocenters. The van der Waals surface area contributed by atoms with E-state index in [2.05, 4.69) is 21.0 Å². The van der Waals surface area contributed by atoms with Crippen LogP contribution < -0.4 is 16.0 Å². The number of hydrogen-bond donors (Lipinski definition) is 1. The highest BCUT2D eigenvalue weighted by Crippen LogP contribution is 2.32. The second-order valence-corrected chi connectivity index (χ2v) is 8.57. The smallest absolute Gasteiger partial charge is 0.282 e. The number of benzene rings is 2. The van der Waals surface area contributed by atoms with E-state index in [0.29, 0.717) is 16.7 Å². The molecule has 0 aliphatic heterocycles. The van der Waals surface area contributed by atoms with Gasteiger partial charge in [0.25, 0.3) is 11.5 Å². The van der Waals surface area contributed by atoms with E-state index in [-0.39, 0.29) is 18.1 Å². The molecule has 1 heterocycles. The molecule has 31 heavy (non-hydrogen) atoms. The number of carbonyl (C=O) groups is 1.